The summed E-state index contributed by atoms with van der Waals surface area (Å²) in [6.45, 7) is 3.90. The summed E-state index contributed by atoms with van der Waals surface area (Å²) in [6, 6.07) is 0. The Morgan fingerprint density at radius 2 is 1.53 bits per heavy atom. The number of aliphatic hydroxyl groups is 1. The molecule has 4 nitrogen and oxygen atoms in total. The van der Waals surface area contributed by atoms with Crippen molar-refractivity contribution in [3.63, 3.8) is 0 Å². The van der Waals surface area contributed by atoms with E-state index < -0.39 is 5.97 Å². The molecule has 0 amide bonds. The molecule has 0 aliphatic rings. The van der Waals surface area contributed by atoms with Crippen molar-refractivity contribution in [2.75, 3.05) is 14.1 Å². The minimum Gasteiger partial charge on any atom is -0.481 e. The zero-order valence-corrected chi connectivity index (χ0v) is 11.8. The summed E-state index contributed by atoms with van der Waals surface area (Å²) in [5.41, 5.74) is 0. The van der Waals surface area contributed by atoms with Gasteiger partial charge in [-0.25, -0.2) is 0 Å². The van der Waals surface area contributed by atoms with Crippen LogP contribution in [0.2, 0.25) is 0 Å². The summed E-state index contributed by atoms with van der Waals surface area (Å²) in [5.74, 6) is -0.666. The summed E-state index contributed by atoms with van der Waals surface area (Å²) >= 11 is 0. The molecule has 1 atom stereocenters. The van der Waals surface area contributed by atoms with Crippen molar-refractivity contribution in [1.29, 1.82) is 0 Å². The molecule has 0 bridgehead atoms. The third kappa shape index (κ3) is 21.3. The summed E-state index contributed by atoms with van der Waals surface area (Å²) in [7, 11) is 3.65. The van der Waals surface area contributed by atoms with Gasteiger partial charge in [-0.2, -0.15) is 0 Å². The van der Waals surface area contributed by atoms with Crippen LogP contribution in [0.5, 0.6) is 0 Å². The van der Waals surface area contributed by atoms with Crippen LogP contribution in [0.25, 0.3) is 0 Å². The Morgan fingerprint density at radius 1 is 1.12 bits per heavy atom. The average Bonchev–Trinajstić information content (AvgIpc) is 2.23. The fourth-order valence-electron chi connectivity index (χ4n) is 1.06. The normalized spacial score (nSPS) is 11.9. The topological polar surface area (TPSA) is 60.8 Å². The molecule has 0 heterocycles. The molecule has 1 unspecified atom stereocenters. The Morgan fingerprint density at radius 3 is 1.88 bits per heavy atom. The fraction of sp³-hybridized carbons (Fsp3) is 0.923. The number of hydrogen-bond donors (Lipinski definition) is 2. The van der Waals surface area contributed by atoms with Gasteiger partial charge in [0.25, 0.3) is 0 Å². The molecule has 0 aliphatic carbocycles. The molecule has 0 radical (unpaired) electrons. The number of rotatable bonds is 8. The zero-order chi connectivity index (χ0) is 13.7. The molecule has 0 saturated carbocycles. The first kappa shape index (κ1) is 18.7. The van der Waals surface area contributed by atoms with Gasteiger partial charge in [-0.15, -0.1) is 0 Å². The first-order chi connectivity index (χ1) is 7.91. The van der Waals surface area contributed by atoms with Gasteiger partial charge >= 0.3 is 5.97 Å². The second kappa shape index (κ2) is 13.5. The number of carbonyl (C=O) groups is 1. The van der Waals surface area contributed by atoms with Crippen molar-refractivity contribution in [1.82, 2.24) is 4.90 Å². The molecule has 0 fully saturated rings. The second-order valence-electron chi connectivity index (χ2n) is 4.51. The van der Waals surface area contributed by atoms with Crippen molar-refractivity contribution in [3.05, 3.63) is 0 Å². The van der Waals surface area contributed by atoms with Crippen molar-refractivity contribution in [3.8, 4) is 0 Å². The number of hydrogen-bond acceptors (Lipinski definition) is 3. The molecule has 104 valence electrons. The van der Waals surface area contributed by atoms with E-state index in [9.17, 15) is 4.79 Å². The fourth-order valence-corrected chi connectivity index (χ4v) is 1.06. The van der Waals surface area contributed by atoms with E-state index >= 15 is 0 Å². The standard InChI is InChI=1S/C9H18O2.C4H11NO/c1-2-3-4-5-6-7-8-9(10)11;1-4(6)5(2)3/h2-8H2,1H3,(H,10,11);4,6H,1-3H3. The highest BCUT2D eigenvalue weighted by Gasteiger charge is 1.95. The van der Waals surface area contributed by atoms with Gasteiger partial charge < -0.3 is 10.2 Å². The van der Waals surface area contributed by atoms with Crippen LogP contribution in [0.4, 0.5) is 0 Å². The Kier molecular flexibility index (Phi) is 14.8. The lowest BCUT2D eigenvalue weighted by Crippen LogP contribution is -2.23. The van der Waals surface area contributed by atoms with Crippen LogP contribution in [0.3, 0.4) is 0 Å². The molecular formula is C13H29NO3. The SMILES string of the molecule is CC(O)N(C)C.CCCCCCCCC(=O)O. The maximum Gasteiger partial charge on any atom is 0.303 e. The average molecular weight is 247 g/mol. The summed E-state index contributed by atoms with van der Waals surface area (Å²) in [5, 5.41) is 16.9. The van der Waals surface area contributed by atoms with Crippen molar-refractivity contribution >= 4 is 5.97 Å². The quantitative estimate of drug-likeness (QED) is 0.511. The van der Waals surface area contributed by atoms with Gasteiger partial charge in [-0.3, -0.25) is 9.69 Å². The molecule has 0 aromatic heterocycles. The Bertz CT molecular complexity index is 164. The van der Waals surface area contributed by atoms with Crippen LogP contribution < -0.4 is 0 Å². The van der Waals surface area contributed by atoms with E-state index in [1.54, 1.807) is 11.8 Å². The summed E-state index contributed by atoms with van der Waals surface area (Å²) < 4.78 is 0. The minimum atomic E-state index is -0.666. The van der Waals surface area contributed by atoms with Crippen LogP contribution in [0.1, 0.15) is 58.8 Å². The van der Waals surface area contributed by atoms with Crippen molar-refractivity contribution < 1.29 is 15.0 Å². The van der Waals surface area contributed by atoms with Crippen molar-refractivity contribution in [2.24, 2.45) is 0 Å². The third-order valence-corrected chi connectivity index (χ3v) is 2.49. The lowest BCUT2D eigenvalue weighted by Gasteiger charge is -2.11. The minimum absolute atomic E-state index is 0.315. The second-order valence-corrected chi connectivity index (χ2v) is 4.51. The number of carboxylic acids is 1. The van der Waals surface area contributed by atoms with Crippen LogP contribution in [0, 0.1) is 0 Å². The molecule has 0 aromatic rings. The molecule has 0 aromatic carbocycles. The smallest absolute Gasteiger partial charge is 0.303 e. The highest BCUT2D eigenvalue weighted by atomic mass is 16.4. The molecule has 0 aliphatic heterocycles. The molecule has 0 spiro atoms. The number of carboxylic acid groups (broad SMARTS) is 1. The van der Waals surface area contributed by atoms with Gasteiger partial charge in [0.2, 0.25) is 0 Å². The summed E-state index contributed by atoms with van der Waals surface area (Å²) in [6.07, 6.45) is 6.94. The molecule has 0 rings (SSSR count). The Labute approximate surface area is 106 Å². The number of nitrogens with zero attached hydrogens (tertiary/aromatic N) is 1. The van der Waals surface area contributed by atoms with E-state index in [1.165, 1.54) is 25.7 Å². The predicted octanol–water partition coefficient (Wildman–Crippen LogP) is 2.71. The molecule has 0 saturated heterocycles. The van der Waals surface area contributed by atoms with E-state index in [-0.39, 0.29) is 6.23 Å². The maximum absolute atomic E-state index is 10.1. The van der Waals surface area contributed by atoms with Gasteiger partial charge in [-0.05, 0) is 27.4 Å². The lowest BCUT2D eigenvalue weighted by molar-refractivity contribution is -0.137. The predicted molar refractivity (Wildman–Crippen MR) is 71.0 cm³/mol. The van der Waals surface area contributed by atoms with Gasteiger partial charge in [-0.1, -0.05) is 39.0 Å². The zero-order valence-electron chi connectivity index (χ0n) is 11.8. The highest BCUT2D eigenvalue weighted by molar-refractivity contribution is 5.66. The lowest BCUT2D eigenvalue weighted by atomic mass is 10.1. The molecule has 4 heteroatoms. The van der Waals surface area contributed by atoms with E-state index in [2.05, 4.69) is 6.92 Å². The van der Waals surface area contributed by atoms with Gasteiger partial charge in [0.15, 0.2) is 0 Å². The van der Waals surface area contributed by atoms with Gasteiger partial charge in [0, 0.05) is 6.42 Å². The largest absolute Gasteiger partial charge is 0.481 e. The van der Waals surface area contributed by atoms with Crippen LogP contribution >= 0.6 is 0 Å². The number of unbranched alkanes of at least 4 members (excludes halogenated alkanes) is 5. The first-order valence-electron chi connectivity index (χ1n) is 6.48. The Hall–Kier alpha value is -0.610. The Balaban J connectivity index is 0. The van der Waals surface area contributed by atoms with E-state index in [4.69, 9.17) is 10.2 Å². The van der Waals surface area contributed by atoms with Crippen molar-refractivity contribution in [2.45, 2.75) is 65.0 Å². The van der Waals surface area contributed by atoms with Crippen LogP contribution in [-0.4, -0.2) is 41.4 Å². The number of aliphatic hydroxyl groups excluding tert-OH is 1. The summed E-state index contributed by atoms with van der Waals surface area (Å²) in [4.78, 5) is 11.8. The van der Waals surface area contributed by atoms with E-state index in [1.807, 2.05) is 14.1 Å². The third-order valence-electron chi connectivity index (χ3n) is 2.49. The first-order valence-corrected chi connectivity index (χ1v) is 6.48. The van der Waals surface area contributed by atoms with Crippen LogP contribution in [-0.2, 0) is 4.79 Å². The van der Waals surface area contributed by atoms with E-state index in [0.717, 1.165) is 12.8 Å². The monoisotopic (exact) mass is 247 g/mol. The van der Waals surface area contributed by atoms with E-state index in [0.29, 0.717) is 6.42 Å². The molecule has 17 heavy (non-hydrogen) atoms. The maximum atomic E-state index is 10.1. The highest BCUT2D eigenvalue weighted by Crippen LogP contribution is 2.06. The molecule has 2 N–H and O–H groups in total. The molecular weight excluding hydrogens is 218 g/mol. The van der Waals surface area contributed by atoms with Gasteiger partial charge in [0.05, 0.1) is 0 Å². The number of aliphatic carboxylic acids is 1. The van der Waals surface area contributed by atoms with Crippen LogP contribution in [0.15, 0.2) is 0 Å². The van der Waals surface area contributed by atoms with Gasteiger partial charge in [0.1, 0.15) is 6.23 Å².